The molecule has 3 aromatic rings. The number of nitrogens with zero attached hydrogens (tertiary/aromatic N) is 4. The van der Waals surface area contributed by atoms with Gasteiger partial charge in [0.2, 0.25) is 10.0 Å². The van der Waals surface area contributed by atoms with Crippen molar-refractivity contribution in [2.24, 2.45) is 0 Å². The summed E-state index contributed by atoms with van der Waals surface area (Å²) >= 11 is 3.30. The molecule has 0 radical (unpaired) electrons. The van der Waals surface area contributed by atoms with Crippen LogP contribution in [-0.2, 0) is 23.1 Å². The molecule has 7 nitrogen and oxygen atoms in total. The Morgan fingerprint density at radius 3 is 2.50 bits per heavy atom. The van der Waals surface area contributed by atoms with Crippen molar-refractivity contribution in [3.63, 3.8) is 0 Å². The molecule has 1 atom stereocenters. The largest absolute Gasteiger partial charge is 0.395 e. The molecule has 1 aromatic heterocycles. The molecule has 3 rings (SSSR count). The van der Waals surface area contributed by atoms with Gasteiger partial charge in [-0.2, -0.15) is 4.31 Å². The summed E-state index contributed by atoms with van der Waals surface area (Å²) in [5.41, 5.74) is 1.58. The van der Waals surface area contributed by atoms with Crippen LogP contribution in [0.3, 0.4) is 0 Å². The predicted octanol–water partition coefficient (Wildman–Crippen LogP) is 2.66. The maximum Gasteiger partial charge on any atom is 0.244 e. The van der Waals surface area contributed by atoms with E-state index in [1.807, 2.05) is 30.3 Å². The SMILES string of the molecule is C[C@@H](CO)N(Cc1cn(Cc2ccccc2)nn1)S(=O)(=O)c1ccccc1Br. The predicted molar refractivity (Wildman–Crippen MR) is 109 cm³/mol. The highest BCUT2D eigenvalue weighted by atomic mass is 79.9. The van der Waals surface area contributed by atoms with Gasteiger partial charge >= 0.3 is 0 Å². The highest BCUT2D eigenvalue weighted by Gasteiger charge is 2.31. The molecule has 0 saturated heterocycles. The number of aromatic nitrogens is 3. The Morgan fingerprint density at radius 2 is 1.82 bits per heavy atom. The van der Waals surface area contributed by atoms with E-state index in [4.69, 9.17) is 0 Å². The Kier molecular flexibility index (Phi) is 6.61. The average molecular weight is 465 g/mol. The average Bonchev–Trinajstić information content (AvgIpc) is 3.13. The van der Waals surface area contributed by atoms with E-state index >= 15 is 0 Å². The molecular formula is C19H21BrN4O3S. The van der Waals surface area contributed by atoms with Crippen LogP contribution in [0.2, 0.25) is 0 Å². The number of rotatable bonds is 8. The zero-order chi connectivity index (χ0) is 20.1. The monoisotopic (exact) mass is 464 g/mol. The molecule has 0 amide bonds. The Bertz CT molecular complexity index is 1020. The van der Waals surface area contributed by atoms with E-state index in [-0.39, 0.29) is 18.0 Å². The van der Waals surface area contributed by atoms with Crippen LogP contribution in [0.5, 0.6) is 0 Å². The van der Waals surface area contributed by atoms with Gasteiger partial charge in [-0.25, -0.2) is 13.1 Å². The molecule has 0 spiro atoms. The molecule has 0 fully saturated rings. The van der Waals surface area contributed by atoms with Crippen LogP contribution < -0.4 is 0 Å². The summed E-state index contributed by atoms with van der Waals surface area (Å²) in [6, 6.07) is 15.8. The van der Waals surface area contributed by atoms with Crippen molar-refractivity contribution in [3.05, 3.63) is 76.5 Å². The number of hydrogen-bond donors (Lipinski definition) is 1. The molecular weight excluding hydrogens is 444 g/mol. The number of hydrogen-bond acceptors (Lipinski definition) is 5. The zero-order valence-corrected chi connectivity index (χ0v) is 17.7. The van der Waals surface area contributed by atoms with E-state index in [9.17, 15) is 13.5 Å². The lowest BCUT2D eigenvalue weighted by Gasteiger charge is -2.26. The second kappa shape index (κ2) is 8.95. The quantitative estimate of drug-likeness (QED) is 0.553. The normalized spacial score (nSPS) is 13.0. The molecule has 0 aliphatic rings. The molecule has 2 aromatic carbocycles. The minimum atomic E-state index is -3.84. The summed E-state index contributed by atoms with van der Waals surface area (Å²) in [5.74, 6) is 0. The first-order valence-corrected chi connectivity index (χ1v) is 11.0. The second-order valence-corrected chi connectivity index (χ2v) is 9.12. The number of halogens is 1. The third-order valence-electron chi connectivity index (χ3n) is 4.27. The molecule has 0 aliphatic carbocycles. The van der Waals surface area contributed by atoms with Gasteiger partial charge in [0.15, 0.2) is 0 Å². The van der Waals surface area contributed by atoms with Gasteiger partial charge in [-0.15, -0.1) is 5.10 Å². The lowest BCUT2D eigenvalue weighted by atomic mass is 10.2. The Hall–Kier alpha value is -2.07. The van der Waals surface area contributed by atoms with Crippen LogP contribution in [-0.4, -0.2) is 45.5 Å². The van der Waals surface area contributed by atoms with Gasteiger partial charge in [0.25, 0.3) is 0 Å². The van der Waals surface area contributed by atoms with Crippen molar-refractivity contribution >= 4 is 26.0 Å². The fourth-order valence-corrected chi connectivity index (χ4v) is 5.33. The van der Waals surface area contributed by atoms with Gasteiger partial charge in [0.1, 0.15) is 0 Å². The van der Waals surface area contributed by atoms with Gasteiger partial charge in [-0.1, -0.05) is 47.7 Å². The van der Waals surface area contributed by atoms with E-state index in [1.54, 1.807) is 36.0 Å². The third kappa shape index (κ3) is 4.67. The summed E-state index contributed by atoms with van der Waals surface area (Å²) in [5, 5.41) is 17.8. The first-order valence-electron chi connectivity index (χ1n) is 8.72. The van der Waals surface area contributed by atoms with E-state index in [2.05, 4.69) is 26.2 Å². The highest BCUT2D eigenvalue weighted by Crippen LogP contribution is 2.27. The Morgan fingerprint density at radius 1 is 1.14 bits per heavy atom. The van der Waals surface area contributed by atoms with Crippen LogP contribution in [0.1, 0.15) is 18.2 Å². The van der Waals surface area contributed by atoms with Crippen LogP contribution in [0.25, 0.3) is 0 Å². The number of aliphatic hydroxyl groups is 1. The minimum absolute atomic E-state index is 0.0141. The fraction of sp³-hybridized carbons (Fsp3) is 0.263. The summed E-state index contributed by atoms with van der Waals surface area (Å²) in [6.45, 7) is 1.91. The van der Waals surface area contributed by atoms with Crippen LogP contribution in [0.4, 0.5) is 0 Å². The standard InChI is InChI=1S/C19H21BrN4O3S/c1-15(14-25)24(28(26,27)19-10-6-5-9-18(19)20)13-17-12-23(22-21-17)11-16-7-3-2-4-8-16/h2-10,12,15,25H,11,13-14H2,1H3/t15-/m0/s1. The van der Waals surface area contributed by atoms with E-state index in [1.165, 1.54) is 10.4 Å². The van der Waals surface area contributed by atoms with Crippen molar-refractivity contribution < 1.29 is 13.5 Å². The lowest BCUT2D eigenvalue weighted by molar-refractivity contribution is 0.193. The summed E-state index contributed by atoms with van der Waals surface area (Å²) in [4.78, 5) is 0.145. The lowest BCUT2D eigenvalue weighted by Crippen LogP contribution is -2.40. The summed E-state index contributed by atoms with van der Waals surface area (Å²) in [7, 11) is -3.84. The van der Waals surface area contributed by atoms with Gasteiger partial charge in [-0.05, 0) is 40.5 Å². The van der Waals surface area contributed by atoms with Crippen molar-refractivity contribution in [1.82, 2.24) is 19.3 Å². The number of aliphatic hydroxyl groups excluding tert-OH is 1. The van der Waals surface area contributed by atoms with E-state index in [0.717, 1.165) is 5.56 Å². The minimum Gasteiger partial charge on any atom is -0.395 e. The molecule has 0 unspecified atom stereocenters. The maximum atomic E-state index is 13.2. The molecule has 148 valence electrons. The van der Waals surface area contributed by atoms with Gasteiger partial charge in [-0.3, -0.25) is 0 Å². The Balaban J connectivity index is 1.85. The first-order chi connectivity index (χ1) is 13.4. The molecule has 0 bridgehead atoms. The highest BCUT2D eigenvalue weighted by molar-refractivity contribution is 9.10. The molecule has 1 N–H and O–H groups in total. The molecule has 0 saturated carbocycles. The second-order valence-electron chi connectivity index (χ2n) is 6.41. The molecule has 28 heavy (non-hydrogen) atoms. The van der Waals surface area contributed by atoms with Crippen LogP contribution >= 0.6 is 15.9 Å². The van der Waals surface area contributed by atoms with Crippen molar-refractivity contribution in [3.8, 4) is 0 Å². The molecule has 9 heteroatoms. The van der Waals surface area contributed by atoms with Crippen LogP contribution in [0.15, 0.2) is 70.2 Å². The third-order valence-corrected chi connectivity index (χ3v) is 7.24. The smallest absolute Gasteiger partial charge is 0.244 e. The van der Waals surface area contributed by atoms with Crippen molar-refractivity contribution in [2.75, 3.05) is 6.61 Å². The van der Waals surface area contributed by atoms with E-state index < -0.39 is 16.1 Å². The van der Waals surface area contributed by atoms with E-state index in [0.29, 0.717) is 16.7 Å². The molecule has 1 heterocycles. The van der Waals surface area contributed by atoms with Crippen molar-refractivity contribution in [2.45, 2.75) is 31.0 Å². The maximum absolute atomic E-state index is 13.2. The number of sulfonamides is 1. The topological polar surface area (TPSA) is 88.3 Å². The van der Waals surface area contributed by atoms with Gasteiger partial charge < -0.3 is 5.11 Å². The summed E-state index contributed by atoms with van der Waals surface area (Å²) in [6.07, 6.45) is 1.72. The fourth-order valence-electron chi connectivity index (χ4n) is 2.77. The summed E-state index contributed by atoms with van der Waals surface area (Å²) < 4.78 is 29.7. The zero-order valence-electron chi connectivity index (χ0n) is 15.3. The van der Waals surface area contributed by atoms with Crippen molar-refractivity contribution in [1.29, 1.82) is 0 Å². The van der Waals surface area contributed by atoms with Gasteiger partial charge in [0, 0.05) is 10.5 Å². The Labute approximate surface area is 172 Å². The molecule has 0 aliphatic heterocycles. The number of benzene rings is 2. The first kappa shape index (κ1) is 20.7. The van der Waals surface area contributed by atoms with Crippen LogP contribution in [0, 0.1) is 0 Å². The van der Waals surface area contributed by atoms with Gasteiger partial charge in [0.05, 0.1) is 36.5 Å².